The number of nitrogens with zero attached hydrogens (tertiary/aromatic N) is 1. The van der Waals surface area contributed by atoms with Gasteiger partial charge in [0.05, 0.1) is 30.3 Å². The molecule has 0 spiro atoms. The third kappa shape index (κ3) is 15.0. The Hall–Kier alpha value is -7.56. The second kappa shape index (κ2) is 22.7. The first-order chi connectivity index (χ1) is 32.8. The molecule has 1 atom stereocenters. The fourth-order valence-electron chi connectivity index (χ4n) is 5.83. The molecule has 370 valence electrons. The van der Waals surface area contributed by atoms with Crippen LogP contribution in [0.3, 0.4) is 0 Å². The second-order valence-corrected chi connectivity index (χ2v) is 19.0. The number of alkyl halides is 3. The summed E-state index contributed by atoms with van der Waals surface area (Å²) in [6.45, 7) is 3.71. The van der Waals surface area contributed by atoms with Crippen LogP contribution in [0.4, 0.5) is 13.2 Å². The molecule has 0 aliphatic carbocycles. The number of nitriles is 1. The highest BCUT2D eigenvalue weighted by molar-refractivity contribution is 7.92. The molecule has 4 aromatic carbocycles. The highest BCUT2D eigenvalue weighted by atomic mass is 32.2. The molecule has 0 aliphatic heterocycles. The van der Waals surface area contributed by atoms with Gasteiger partial charge in [-0.25, -0.2) is 13.0 Å². The zero-order valence-electron chi connectivity index (χ0n) is 36.8. The van der Waals surface area contributed by atoms with Crippen molar-refractivity contribution < 1.29 is 92.8 Å². The van der Waals surface area contributed by atoms with Crippen LogP contribution >= 0.6 is 18.9 Å². The van der Waals surface area contributed by atoms with Crippen molar-refractivity contribution in [2.45, 2.75) is 38.1 Å². The van der Waals surface area contributed by atoms with E-state index in [0.29, 0.717) is 17.4 Å². The number of hydrogen-bond acceptors (Lipinski definition) is 18. The fourth-order valence-corrected chi connectivity index (χ4v) is 9.78. The summed E-state index contributed by atoms with van der Waals surface area (Å²) in [4.78, 5) is 82.7. The Morgan fingerprint density at radius 3 is 1.64 bits per heavy atom. The molecule has 0 fully saturated rings. The Morgan fingerprint density at radius 1 is 0.686 bits per heavy atom. The average molecular weight is 1030 g/mol. The minimum Gasteiger partial charge on any atom is -0.488 e. The van der Waals surface area contributed by atoms with Crippen LogP contribution in [0, 0.1) is 11.3 Å². The topological polar surface area (TPSA) is 298 Å². The van der Waals surface area contributed by atoms with E-state index in [1.807, 2.05) is 4.72 Å². The predicted molar refractivity (Wildman–Crippen MR) is 237 cm³/mol. The number of carbonyl (C=O) groups excluding carboxylic acids is 6. The molecule has 2 amide bonds. The Morgan fingerprint density at radius 2 is 1.17 bits per heavy atom. The van der Waals surface area contributed by atoms with Crippen molar-refractivity contribution in [3.05, 3.63) is 95.1 Å². The second-order valence-electron chi connectivity index (χ2n) is 14.2. The van der Waals surface area contributed by atoms with Crippen LogP contribution in [0.2, 0.25) is 0 Å². The Kier molecular flexibility index (Phi) is 17.3. The highest BCUT2D eigenvalue weighted by Crippen LogP contribution is 2.44. The van der Waals surface area contributed by atoms with Gasteiger partial charge in [0.1, 0.15) is 29.5 Å². The van der Waals surface area contributed by atoms with E-state index in [0.717, 1.165) is 39.8 Å². The highest BCUT2D eigenvalue weighted by Gasteiger charge is 2.35. The number of sulfonamides is 1. The summed E-state index contributed by atoms with van der Waals surface area (Å²) in [5.74, 6) is -5.58. The van der Waals surface area contributed by atoms with Crippen molar-refractivity contribution in [2.75, 3.05) is 32.6 Å². The van der Waals surface area contributed by atoms with Gasteiger partial charge in [-0.05, 0) is 72.1 Å². The van der Waals surface area contributed by atoms with E-state index >= 15 is 0 Å². The molecular formula is C43H38F3N4O17PS2. The number of esters is 4. The van der Waals surface area contributed by atoms with Crippen molar-refractivity contribution in [3.63, 3.8) is 0 Å². The Labute approximate surface area is 398 Å². The summed E-state index contributed by atoms with van der Waals surface area (Å²) in [6.07, 6.45) is -6.30. The third-order valence-corrected chi connectivity index (χ3v) is 12.9. The molecule has 27 heteroatoms. The van der Waals surface area contributed by atoms with Gasteiger partial charge < -0.3 is 48.5 Å². The molecule has 4 N–H and O–H groups in total. The smallest absolute Gasteiger partial charge is 0.417 e. The fraction of sp³-hybridized carbons (Fsp3) is 0.233. The van der Waals surface area contributed by atoms with Crippen LogP contribution in [0.25, 0.3) is 10.1 Å². The minimum absolute atomic E-state index is 0.00615. The summed E-state index contributed by atoms with van der Waals surface area (Å²) in [6, 6.07) is 14.7. The van der Waals surface area contributed by atoms with Gasteiger partial charge in [-0.2, -0.15) is 23.2 Å². The number of amides is 2. The van der Waals surface area contributed by atoms with Gasteiger partial charge in [-0.3, -0.25) is 28.8 Å². The average Bonchev–Trinajstić information content (AvgIpc) is 3.70. The van der Waals surface area contributed by atoms with Gasteiger partial charge >= 0.3 is 37.6 Å². The SMILES string of the molecule is CC(=O)Oc1ccc(C(=O)NCCOc2cc3cc(S(=O)(=O)NCP(=O)(O)Oc4ccc(C#N)c(C(F)(F)F)c4)sc3cc2OCCNC(=O)c2ccc(OC(C)=O)c(OC(C)=O)c2)cc1OC(C)=O. The van der Waals surface area contributed by atoms with Gasteiger partial charge in [0.2, 0.25) is 0 Å². The minimum atomic E-state index is -5.02. The lowest BCUT2D eigenvalue weighted by molar-refractivity contribution is -0.138. The van der Waals surface area contributed by atoms with Crippen molar-refractivity contribution >= 4 is 74.7 Å². The number of nitrogens with one attached hydrogen (secondary N) is 3. The zero-order chi connectivity index (χ0) is 51.6. The normalized spacial score (nSPS) is 12.1. The van der Waals surface area contributed by atoms with E-state index in [9.17, 15) is 59.8 Å². The molecule has 0 aliphatic rings. The van der Waals surface area contributed by atoms with Gasteiger partial charge in [0.25, 0.3) is 21.8 Å². The van der Waals surface area contributed by atoms with E-state index in [1.54, 1.807) is 0 Å². The molecular weight excluding hydrogens is 997 g/mol. The molecule has 70 heavy (non-hydrogen) atoms. The van der Waals surface area contributed by atoms with Crippen LogP contribution in [-0.2, 0) is 39.9 Å². The largest absolute Gasteiger partial charge is 0.488 e. The predicted octanol–water partition coefficient (Wildman–Crippen LogP) is 5.61. The first-order valence-corrected chi connectivity index (χ1v) is 23.9. The lowest BCUT2D eigenvalue weighted by atomic mass is 10.1. The van der Waals surface area contributed by atoms with Crippen LogP contribution in [0.5, 0.6) is 40.2 Å². The quantitative estimate of drug-likeness (QED) is 0.0319. The number of ether oxygens (including phenoxy) is 6. The van der Waals surface area contributed by atoms with E-state index in [1.165, 1.54) is 60.7 Å². The number of hydrogen-bond donors (Lipinski definition) is 4. The number of carbonyl (C=O) groups is 6. The van der Waals surface area contributed by atoms with Gasteiger partial charge in [0.15, 0.2) is 34.5 Å². The summed E-state index contributed by atoms with van der Waals surface area (Å²) in [5.41, 5.74) is -2.20. The number of halogens is 3. The molecule has 21 nitrogen and oxygen atoms in total. The van der Waals surface area contributed by atoms with Crippen LogP contribution < -0.4 is 48.3 Å². The van der Waals surface area contributed by atoms with Crippen molar-refractivity contribution in [3.8, 4) is 46.3 Å². The maximum absolute atomic E-state index is 13.4. The molecule has 1 unspecified atom stereocenters. The summed E-state index contributed by atoms with van der Waals surface area (Å²) in [5, 5.41) is 14.5. The molecule has 1 aromatic heterocycles. The maximum atomic E-state index is 13.4. The molecule has 0 radical (unpaired) electrons. The number of rotatable bonds is 20. The van der Waals surface area contributed by atoms with E-state index in [-0.39, 0.29) is 82.0 Å². The van der Waals surface area contributed by atoms with Gasteiger partial charge in [-0.1, -0.05) is 0 Å². The van der Waals surface area contributed by atoms with E-state index in [4.69, 9.17) is 38.2 Å². The summed E-state index contributed by atoms with van der Waals surface area (Å²) in [7, 11) is -9.62. The summed E-state index contributed by atoms with van der Waals surface area (Å²) < 4.78 is 119. The summed E-state index contributed by atoms with van der Waals surface area (Å²) >= 11 is 0.674. The van der Waals surface area contributed by atoms with Crippen LogP contribution in [0.1, 0.15) is 59.5 Å². The molecule has 1 heterocycles. The number of thiophene rings is 1. The first kappa shape index (κ1) is 53.4. The van der Waals surface area contributed by atoms with Crippen molar-refractivity contribution in [2.24, 2.45) is 0 Å². The van der Waals surface area contributed by atoms with Crippen LogP contribution in [-0.4, -0.2) is 81.6 Å². The van der Waals surface area contributed by atoms with E-state index in [2.05, 4.69) is 10.6 Å². The lowest BCUT2D eigenvalue weighted by Crippen LogP contribution is -2.29. The molecule has 5 rings (SSSR count). The van der Waals surface area contributed by atoms with Crippen molar-refractivity contribution in [1.82, 2.24) is 15.4 Å². The van der Waals surface area contributed by atoms with Crippen LogP contribution in [0.15, 0.2) is 77.0 Å². The van der Waals surface area contributed by atoms with E-state index < -0.39 is 86.9 Å². The van der Waals surface area contributed by atoms with Crippen molar-refractivity contribution in [1.29, 1.82) is 5.26 Å². The number of benzene rings is 4. The molecule has 5 aromatic rings. The Bertz CT molecular complexity index is 2950. The maximum Gasteiger partial charge on any atom is 0.417 e. The zero-order valence-corrected chi connectivity index (χ0v) is 39.3. The first-order valence-electron chi connectivity index (χ1n) is 19.9. The number of fused-ring (bicyclic) bond motifs is 1. The molecule has 0 bridgehead atoms. The monoisotopic (exact) mass is 1030 g/mol. The standard InChI is InChI=1S/C43H38F3N4O17PS2/c1-23(51)63-33-9-6-27(15-37(33)65-25(3)53)41(55)48-11-13-61-35-17-30-18-40(70(59,60)50-22-68(57,58)67-31-8-5-29(21-47)32(19-31)43(44,45)46)69-39(30)20-36(35)62-14-12-49-42(56)28-7-10-34(64-24(2)52)38(16-28)66-26(4)54/h5-10,15-20,50H,11-14,22H2,1-4H3,(H,48,55)(H,49,56)(H,57,58). The van der Waals surface area contributed by atoms with Gasteiger partial charge in [-0.15, -0.1) is 11.3 Å². The molecule has 0 saturated heterocycles. The molecule has 0 saturated carbocycles. The third-order valence-electron chi connectivity index (χ3n) is 8.66. The lowest BCUT2D eigenvalue weighted by Gasteiger charge is -2.16. The Balaban J connectivity index is 1.33. The van der Waals surface area contributed by atoms with Gasteiger partial charge in [0, 0.05) is 49.6 Å².